The van der Waals surface area contributed by atoms with E-state index in [0.717, 1.165) is 17.8 Å². The molecule has 2 amide bonds. The number of hydrogen-bond acceptors (Lipinski definition) is 6. The quantitative estimate of drug-likeness (QED) is 0.667. The van der Waals surface area contributed by atoms with Crippen LogP contribution in [0.2, 0.25) is 0 Å². The number of amides is 2. The van der Waals surface area contributed by atoms with Gasteiger partial charge in [-0.1, -0.05) is 42.4 Å². The molecule has 0 fully saturated rings. The molecular formula is C17H21N7O2. The molecule has 136 valence electrons. The monoisotopic (exact) mass is 355 g/mol. The van der Waals surface area contributed by atoms with Crippen molar-refractivity contribution in [2.75, 3.05) is 11.9 Å². The lowest BCUT2D eigenvalue weighted by atomic mass is 10.1. The van der Waals surface area contributed by atoms with E-state index in [9.17, 15) is 4.79 Å². The van der Waals surface area contributed by atoms with E-state index in [4.69, 9.17) is 4.52 Å². The number of rotatable bonds is 7. The van der Waals surface area contributed by atoms with Crippen molar-refractivity contribution in [3.63, 3.8) is 0 Å². The van der Waals surface area contributed by atoms with Crippen LogP contribution in [0.25, 0.3) is 0 Å². The highest BCUT2D eigenvalue weighted by Gasteiger charge is 2.10. The van der Waals surface area contributed by atoms with Crippen LogP contribution in [-0.2, 0) is 26.3 Å². The van der Waals surface area contributed by atoms with Gasteiger partial charge in [-0.3, -0.25) is 10.00 Å². The summed E-state index contributed by atoms with van der Waals surface area (Å²) in [5.74, 6) is 2.20. The summed E-state index contributed by atoms with van der Waals surface area (Å²) >= 11 is 0. The molecule has 0 radical (unpaired) electrons. The Hall–Kier alpha value is -3.23. The van der Waals surface area contributed by atoms with E-state index in [0.29, 0.717) is 31.1 Å². The van der Waals surface area contributed by atoms with Crippen LogP contribution in [0.1, 0.15) is 30.0 Å². The zero-order chi connectivity index (χ0) is 18.4. The summed E-state index contributed by atoms with van der Waals surface area (Å²) in [6, 6.07) is 9.56. The smallest absolute Gasteiger partial charge is 0.321 e. The van der Waals surface area contributed by atoms with Gasteiger partial charge in [-0.15, -0.1) is 5.10 Å². The lowest BCUT2D eigenvalue weighted by Gasteiger charge is -2.02. The van der Waals surface area contributed by atoms with Crippen LogP contribution in [0.3, 0.4) is 0 Å². The number of aryl methyl sites for hydroxylation is 2. The molecule has 2 aromatic heterocycles. The van der Waals surface area contributed by atoms with Gasteiger partial charge in [0, 0.05) is 32.9 Å². The maximum atomic E-state index is 11.9. The SMILES string of the molecule is CCc1nc(NC(=O)NCCc2nc(Cc3ccccc3)no2)nn1C. The van der Waals surface area contributed by atoms with Gasteiger partial charge in [0.25, 0.3) is 0 Å². The van der Waals surface area contributed by atoms with Crippen molar-refractivity contribution >= 4 is 12.0 Å². The number of carbonyl (C=O) groups excluding carboxylic acids is 1. The van der Waals surface area contributed by atoms with Gasteiger partial charge in [-0.2, -0.15) is 9.97 Å². The predicted molar refractivity (Wildman–Crippen MR) is 94.7 cm³/mol. The summed E-state index contributed by atoms with van der Waals surface area (Å²) in [7, 11) is 1.79. The Labute approximate surface area is 150 Å². The largest absolute Gasteiger partial charge is 0.339 e. The first-order chi connectivity index (χ1) is 12.6. The maximum Gasteiger partial charge on any atom is 0.321 e. The molecule has 9 heteroatoms. The highest BCUT2D eigenvalue weighted by Crippen LogP contribution is 2.07. The first-order valence-corrected chi connectivity index (χ1v) is 8.44. The summed E-state index contributed by atoms with van der Waals surface area (Å²) in [4.78, 5) is 20.4. The standard InChI is InChI=1S/C17H21N7O2/c1-3-14-20-16(22-24(14)2)21-17(25)18-10-9-15-19-13(23-26-15)11-12-7-5-4-6-8-12/h4-8H,3,9-11H2,1-2H3,(H2,18,21,22,25). The molecule has 26 heavy (non-hydrogen) atoms. The first kappa shape index (κ1) is 17.6. The van der Waals surface area contributed by atoms with Gasteiger partial charge in [0.2, 0.25) is 11.8 Å². The van der Waals surface area contributed by atoms with Crippen LogP contribution in [0, 0.1) is 0 Å². The predicted octanol–water partition coefficient (Wildman–Crippen LogP) is 1.72. The molecule has 2 heterocycles. The van der Waals surface area contributed by atoms with Gasteiger partial charge >= 0.3 is 6.03 Å². The molecule has 0 saturated heterocycles. The molecular weight excluding hydrogens is 334 g/mol. The molecule has 0 bridgehead atoms. The molecule has 9 nitrogen and oxygen atoms in total. The number of nitrogens with zero attached hydrogens (tertiary/aromatic N) is 5. The number of aromatic nitrogens is 5. The minimum absolute atomic E-state index is 0.282. The molecule has 0 spiro atoms. The Bertz CT molecular complexity index is 857. The highest BCUT2D eigenvalue weighted by molar-refractivity contribution is 5.87. The zero-order valence-corrected chi connectivity index (χ0v) is 14.8. The van der Waals surface area contributed by atoms with Gasteiger partial charge in [-0.25, -0.2) is 4.79 Å². The molecule has 0 aliphatic carbocycles. The molecule has 0 atom stereocenters. The topological polar surface area (TPSA) is 111 Å². The molecule has 2 N–H and O–H groups in total. The molecule has 3 aromatic rings. The summed E-state index contributed by atoms with van der Waals surface area (Å²) in [5.41, 5.74) is 1.12. The lowest BCUT2D eigenvalue weighted by Crippen LogP contribution is -2.31. The number of benzene rings is 1. The number of anilines is 1. The second-order valence-corrected chi connectivity index (χ2v) is 5.73. The van der Waals surface area contributed by atoms with Gasteiger partial charge in [0.15, 0.2) is 5.82 Å². The van der Waals surface area contributed by atoms with Crippen LogP contribution in [0.5, 0.6) is 0 Å². The van der Waals surface area contributed by atoms with Crippen LogP contribution in [0.4, 0.5) is 10.7 Å². The lowest BCUT2D eigenvalue weighted by molar-refractivity contribution is 0.251. The zero-order valence-electron chi connectivity index (χ0n) is 14.8. The van der Waals surface area contributed by atoms with Crippen molar-refractivity contribution in [2.45, 2.75) is 26.2 Å². The van der Waals surface area contributed by atoms with E-state index in [2.05, 4.69) is 30.9 Å². The van der Waals surface area contributed by atoms with Crippen LogP contribution in [-0.4, -0.2) is 37.5 Å². The van der Waals surface area contributed by atoms with Crippen molar-refractivity contribution in [1.29, 1.82) is 0 Å². The minimum atomic E-state index is -0.373. The molecule has 0 unspecified atom stereocenters. The number of carbonyl (C=O) groups is 1. The Kier molecular flexibility index (Phi) is 5.57. The summed E-state index contributed by atoms with van der Waals surface area (Å²) in [5, 5.41) is 13.4. The maximum absolute atomic E-state index is 11.9. The van der Waals surface area contributed by atoms with Crippen molar-refractivity contribution in [3.05, 3.63) is 53.4 Å². The van der Waals surface area contributed by atoms with E-state index in [1.807, 2.05) is 37.3 Å². The number of nitrogens with one attached hydrogen (secondary N) is 2. The van der Waals surface area contributed by atoms with Crippen molar-refractivity contribution in [3.8, 4) is 0 Å². The van der Waals surface area contributed by atoms with E-state index in [-0.39, 0.29) is 12.0 Å². The van der Waals surface area contributed by atoms with Crippen molar-refractivity contribution in [2.24, 2.45) is 7.05 Å². The molecule has 3 rings (SSSR count). The molecule has 0 saturated carbocycles. The first-order valence-electron chi connectivity index (χ1n) is 8.44. The Morgan fingerprint density at radius 2 is 2.04 bits per heavy atom. The molecule has 0 aliphatic rings. The van der Waals surface area contributed by atoms with Gasteiger partial charge < -0.3 is 9.84 Å². The Morgan fingerprint density at radius 1 is 1.23 bits per heavy atom. The van der Waals surface area contributed by atoms with Crippen LogP contribution in [0.15, 0.2) is 34.9 Å². The van der Waals surface area contributed by atoms with Gasteiger partial charge in [-0.05, 0) is 5.56 Å². The minimum Gasteiger partial charge on any atom is -0.339 e. The van der Waals surface area contributed by atoms with E-state index < -0.39 is 0 Å². The third-order valence-electron chi connectivity index (χ3n) is 3.73. The molecule has 1 aromatic carbocycles. The van der Waals surface area contributed by atoms with Crippen molar-refractivity contribution < 1.29 is 9.32 Å². The Morgan fingerprint density at radius 3 is 2.77 bits per heavy atom. The summed E-state index contributed by atoms with van der Waals surface area (Å²) in [6.45, 7) is 2.34. The normalized spacial score (nSPS) is 10.7. The Balaban J connectivity index is 1.43. The van der Waals surface area contributed by atoms with Crippen LogP contribution < -0.4 is 10.6 Å². The number of hydrogen-bond donors (Lipinski definition) is 2. The summed E-state index contributed by atoms with van der Waals surface area (Å²) < 4.78 is 6.85. The number of urea groups is 1. The second kappa shape index (κ2) is 8.24. The fraction of sp³-hybridized carbons (Fsp3) is 0.353. The molecule has 0 aliphatic heterocycles. The van der Waals surface area contributed by atoms with E-state index >= 15 is 0 Å². The fourth-order valence-corrected chi connectivity index (χ4v) is 2.45. The third kappa shape index (κ3) is 4.65. The van der Waals surface area contributed by atoms with Gasteiger partial charge in [0.05, 0.1) is 0 Å². The van der Waals surface area contributed by atoms with Gasteiger partial charge in [0.1, 0.15) is 5.82 Å². The van der Waals surface area contributed by atoms with E-state index in [1.165, 1.54) is 0 Å². The van der Waals surface area contributed by atoms with Crippen molar-refractivity contribution in [1.82, 2.24) is 30.2 Å². The summed E-state index contributed by atoms with van der Waals surface area (Å²) in [6.07, 6.45) is 1.81. The average molecular weight is 355 g/mol. The third-order valence-corrected chi connectivity index (χ3v) is 3.73. The van der Waals surface area contributed by atoms with E-state index in [1.54, 1.807) is 11.7 Å². The second-order valence-electron chi connectivity index (χ2n) is 5.73. The highest BCUT2D eigenvalue weighted by atomic mass is 16.5. The van der Waals surface area contributed by atoms with Crippen LogP contribution >= 0.6 is 0 Å². The fourth-order valence-electron chi connectivity index (χ4n) is 2.45. The average Bonchev–Trinajstić information content (AvgIpc) is 3.21.